The van der Waals surface area contributed by atoms with Gasteiger partial charge in [0.2, 0.25) is 0 Å². The van der Waals surface area contributed by atoms with Crippen LogP contribution in [0.1, 0.15) is 0 Å². The lowest BCUT2D eigenvalue weighted by molar-refractivity contribution is 1.21. The first-order chi connectivity index (χ1) is 7.95. The van der Waals surface area contributed by atoms with Crippen molar-refractivity contribution in [2.75, 3.05) is 0 Å². The molecular formula is C14H10N2. The molecule has 2 heteroatoms. The first-order valence-electron chi connectivity index (χ1n) is 5.19. The number of aromatic nitrogens is 2. The molecule has 2 aromatic carbocycles. The van der Waals surface area contributed by atoms with Crippen LogP contribution >= 0.6 is 0 Å². The quantitative estimate of drug-likeness (QED) is 0.610. The van der Waals surface area contributed by atoms with E-state index in [1.54, 1.807) is 18.6 Å². The minimum Gasteiger partial charge on any atom is -0.261 e. The van der Waals surface area contributed by atoms with E-state index >= 15 is 0 Å². The Balaban J connectivity index is 2.32. The van der Waals surface area contributed by atoms with Crippen molar-refractivity contribution in [2.24, 2.45) is 0 Å². The number of benzene rings is 2. The van der Waals surface area contributed by atoms with Crippen LogP contribution in [-0.2, 0) is 0 Å². The number of nitrogens with zero attached hydrogens (tertiary/aromatic N) is 2. The zero-order valence-corrected chi connectivity index (χ0v) is 8.67. The molecule has 76 valence electrons. The van der Waals surface area contributed by atoms with E-state index in [1.165, 1.54) is 10.8 Å². The Bertz CT molecular complexity index is 612. The number of rotatable bonds is 1. The third kappa shape index (κ3) is 1.44. The standard InChI is InChI=1S/C14H10N2/c1-2-6-12-11(4-1)5-3-7-13(12)14-10-15-8-9-16-14/h1-10H. The van der Waals surface area contributed by atoms with Gasteiger partial charge in [0.15, 0.2) is 0 Å². The van der Waals surface area contributed by atoms with Crippen LogP contribution < -0.4 is 0 Å². The summed E-state index contributed by atoms with van der Waals surface area (Å²) in [7, 11) is 0. The monoisotopic (exact) mass is 206 g/mol. The van der Waals surface area contributed by atoms with E-state index in [4.69, 9.17) is 0 Å². The molecule has 0 aliphatic carbocycles. The number of hydrogen-bond acceptors (Lipinski definition) is 2. The first kappa shape index (κ1) is 9.04. The molecule has 1 heterocycles. The van der Waals surface area contributed by atoms with Gasteiger partial charge in [0.1, 0.15) is 0 Å². The number of fused-ring (bicyclic) bond motifs is 1. The van der Waals surface area contributed by atoms with Gasteiger partial charge in [-0.3, -0.25) is 9.97 Å². The predicted molar refractivity (Wildman–Crippen MR) is 65.0 cm³/mol. The molecular weight excluding hydrogens is 196 g/mol. The van der Waals surface area contributed by atoms with E-state index in [2.05, 4.69) is 34.2 Å². The van der Waals surface area contributed by atoms with Crippen molar-refractivity contribution in [1.29, 1.82) is 0 Å². The fraction of sp³-hybridized carbons (Fsp3) is 0. The lowest BCUT2D eigenvalue weighted by Crippen LogP contribution is -1.85. The Morgan fingerprint density at radius 3 is 2.56 bits per heavy atom. The maximum atomic E-state index is 4.34. The normalized spacial score (nSPS) is 10.5. The minimum atomic E-state index is 0.916. The molecule has 0 saturated carbocycles. The minimum absolute atomic E-state index is 0.916. The Morgan fingerprint density at radius 2 is 1.69 bits per heavy atom. The Labute approximate surface area is 93.6 Å². The summed E-state index contributed by atoms with van der Waals surface area (Å²) >= 11 is 0. The highest BCUT2D eigenvalue weighted by atomic mass is 14.8. The van der Waals surface area contributed by atoms with Crippen LogP contribution in [0, 0.1) is 0 Å². The molecule has 2 nitrogen and oxygen atoms in total. The van der Waals surface area contributed by atoms with Crippen LogP contribution in [0.3, 0.4) is 0 Å². The molecule has 0 spiro atoms. The molecule has 0 unspecified atom stereocenters. The van der Waals surface area contributed by atoms with Gasteiger partial charge in [0.25, 0.3) is 0 Å². The summed E-state index contributed by atoms with van der Waals surface area (Å²) in [6.45, 7) is 0. The van der Waals surface area contributed by atoms with Crippen molar-refractivity contribution in [1.82, 2.24) is 9.97 Å². The number of hydrogen-bond donors (Lipinski definition) is 0. The van der Waals surface area contributed by atoms with E-state index in [1.807, 2.05) is 18.2 Å². The van der Waals surface area contributed by atoms with Crippen LogP contribution in [0.25, 0.3) is 22.0 Å². The van der Waals surface area contributed by atoms with Crippen LogP contribution in [0.2, 0.25) is 0 Å². The van der Waals surface area contributed by atoms with E-state index < -0.39 is 0 Å². The maximum absolute atomic E-state index is 4.34. The summed E-state index contributed by atoms with van der Waals surface area (Å²) < 4.78 is 0. The average Bonchev–Trinajstić information content (AvgIpc) is 2.39. The summed E-state index contributed by atoms with van der Waals surface area (Å²) in [6.07, 6.45) is 5.20. The zero-order valence-electron chi connectivity index (χ0n) is 8.67. The molecule has 0 fully saturated rings. The highest BCUT2D eigenvalue weighted by molar-refractivity contribution is 5.95. The van der Waals surface area contributed by atoms with Crippen molar-refractivity contribution in [3.8, 4) is 11.3 Å². The molecule has 0 amide bonds. The largest absolute Gasteiger partial charge is 0.261 e. The van der Waals surface area contributed by atoms with Crippen molar-refractivity contribution in [3.63, 3.8) is 0 Å². The van der Waals surface area contributed by atoms with Crippen LogP contribution in [0.5, 0.6) is 0 Å². The molecule has 0 N–H and O–H groups in total. The van der Waals surface area contributed by atoms with Gasteiger partial charge in [-0.2, -0.15) is 0 Å². The van der Waals surface area contributed by atoms with Gasteiger partial charge in [0, 0.05) is 18.0 Å². The lowest BCUT2D eigenvalue weighted by atomic mass is 10.0. The van der Waals surface area contributed by atoms with Gasteiger partial charge in [-0.1, -0.05) is 42.5 Å². The SMILES string of the molecule is c1ccc2c(-c3cnccn3)cccc2c1. The molecule has 0 saturated heterocycles. The molecule has 0 aliphatic heterocycles. The van der Waals surface area contributed by atoms with Gasteiger partial charge in [-0.05, 0) is 10.8 Å². The summed E-state index contributed by atoms with van der Waals surface area (Å²) in [5.74, 6) is 0. The summed E-state index contributed by atoms with van der Waals surface area (Å²) in [4.78, 5) is 8.44. The smallest absolute Gasteiger partial charge is 0.0891 e. The third-order valence-corrected chi connectivity index (χ3v) is 2.63. The average molecular weight is 206 g/mol. The molecule has 16 heavy (non-hydrogen) atoms. The molecule has 3 rings (SSSR count). The van der Waals surface area contributed by atoms with Gasteiger partial charge < -0.3 is 0 Å². The summed E-state index contributed by atoms with van der Waals surface area (Å²) in [5.41, 5.74) is 2.05. The summed E-state index contributed by atoms with van der Waals surface area (Å²) in [6, 6.07) is 14.5. The van der Waals surface area contributed by atoms with Crippen molar-refractivity contribution in [2.45, 2.75) is 0 Å². The zero-order chi connectivity index (χ0) is 10.8. The first-order valence-corrected chi connectivity index (χ1v) is 5.19. The highest BCUT2D eigenvalue weighted by Crippen LogP contribution is 2.26. The Kier molecular flexibility index (Phi) is 2.11. The topological polar surface area (TPSA) is 25.8 Å². The van der Waals surface area contributed by atoms with Crippen molar-refractivity contribution >= 4 is 10.8 Å². The molecule has 3 aromatic rings. The van der Waals surface area contributed by atoms with Gasteiger partial charge in [-0.15, -0.1) is 0 Å². The molecule has 0 aliphatic rings. The molecule has 0 radical (unpaired) electrons. The lowest BCUT2D eigenvalue weighted by Gasteiger charge is -2.04. The van der Waals surface area contributed by atoms with Gasteiger partial charge in [0.05, 0.1) is 11.9 Å². The highest BCUT2D eigenvalue weighted by Gasteiger charge is 2.03. The van der Waals surface area contributed by atoms with Crippen molar-refractivity contribution in [3.05, 3.63) is 61.1 Å². The summed E-state index contributed by atoms with van der Waals surface area (Å²) in [5, 5.41) is 2.44. The fourth-order valence-corrected chi connectivity index (χ4v) is 1.89. The van der Waals surface area contributed by atoms with Gasteiger partial charge >= 0.3 is 0 Å². The molecule has 0 atom stereocenters. The second-order valence-corrected chi connectivity index (χ2v) is 3.62. The van der Waals surface area contributed by atoms with E-state index in [9.17, 15) is 0 Å². The van der Waals surface area contributed by atoms with Gasteiger partial charge in [-0.25, -0.2) is 0 Å². The fourth-order valence-electron chi connectivity index (χ4n) is 1.89. The van der Waals surface area contributed by atoms with E-state index in [0.29, 0.717) is 0 Å². The Morgan fingerprint density at radius 1 is 0.812 bits per heavy atom. The second kappa shape index (κ2) is 3.74. The third-order valence-electron chi connectivity index (χ3n) is 2.63. The van der Waals surface area contributed by atoms with Crippen LogP contribution in [-0.4, -0.2) is 9.97 Å². The Hall–Kier alpha value is -2.22. The van der Waals surface area contributed by atoms with Crippen molar-refractivity contribution < 1.29 is 0 Å². The molecule has 0 bridgehead atoms. The van der Waals surface area contributed by atoms with Crippen LogP contribution in [0.15, 0.2) is 61.1 Å². The molecule has 1 aromatic heterocycles. The van der Waals surface area contributed by atoms with E-state index in [0.717, 1.165) is 11.3 Å². The van der Waals surface area contributed by atoms with E-state index in [-0.39, 0.29) is 0 Å². The predicted octanol–water partition coefficient (Wildman–Crippen LogP) is 3.30. The van der Waals surface area contributed by atoms with Crippen LogP contribution in [0.4, 0.5) is 0 Å². The maximum Gasteiger partial charge on any atom is 0.0891 e. The second-order valence-electron chi connectivity index (χ2n) is 3.62.